The zero-order valence-corrected chi connectivity index (χ0v) is 11.4. The molecule has 0 fully saturated rings. The fraction of sp³-hybridized carbons (Fsp3) is 0.231. The number of aromatic nitrogens is 2. The summed E-state index contributed by atoms with van der Waals surface area (Å²) < 4.78 is 13.3. The monoisotopic (exact) mass is 280 g/mol. The van der Waals surface area contributed by atoms with E-state index < -0.39 is 0 Å². The lowest BCUT2D eigenvalue weighted by Crippen LogP contribution is -2.20. The maximum Gasteiger partial charge on any atom is 0.224 e. The van der Waals surface area contributed by atoms with Crippen molar-refractivity contribution in [1.82, 2.24) is 9.97 Å². The Morgan fingerprint density at radius 2 is 2.11 bits per heavy atom. The van der Waals surface area contributed by atoms with Crippen molar-refractivity contribution in [1.29, 1.82) is 0 Å². The first kappa shape index (κ1) is 13.5. The Morgan fingerprint density at radius 1 is 1.37 bits per heavy atom. The fourth-order valence-corrected chi connectivity index (χ4v) is 2.04. The van der Waals surface area contributed by atoms with Gasteiger partial charge in [0, 0.05) is 12.2 Å². The number of nitrogens with two attached hydrogens (primary N) is 1. The minimum Gasteiger partial charge on any atom is -0.394 e. The SMILES string of the molecule is CCN(c1cccc(F)c1)c1nc(Cl)nc(C)c1N. The Hall–Kier alpha value is -1.88. The van der Waals surface area contributed by atoms with Crippen LogP contribution >= 0.6 is 11.6 Å². The first-order valence-corrected chi connectivity index (χ1v) is 6.23. The molecule has 1 heterocycles. The molecule has 0 saturated heterocycles. The van der Waals surface area contributed by atoms with Gasteiger partial charge in [-0.25, -0.2) is 9.37 Å². The second kappa shape index (κ2) is 5.40. The summed E-state index contributed by atoms with van der Waals surface area (Å²) >= 11 is 5.86. The molecule has 0 bridgehead atoms. The Kier molecular flexibility index (Phi) is 3.85. The van der Waals surface area contributed by atoms with Crippen molar-refractivity contribution < 1.29 is 4.39 Å². The van der Waals surface area contributed by atoms with E-state index in [4.69, 9.17) is 17.3 Å². The van der Waals surface area contributed by atoms with Crippen LogP contribution in [0.2, 0.25) is 5.28 Å². The van der Waals surface area contributed by atoms with Crippen molar-refractivity contribution in [2.45, 2.75) is 13.8 Å². The lowest BCUT2D eigenvalue weighted by atomic mass is 10.2. The minimum atomic E-state index is -0.314. The molecule has 100 valence electrons. The van der Waals surface area contributed by atoms with Gasteiger partial charge in [0.25, 0.3) is 0 Å². The Balaban J connectivity index is 2.54. The van der Waals surface area contributed by atoms with Crippen LogP contribution in [0.15, 0.2) is 24.3 Å². The van der Waals surface area contributed by atoms with Crippen LogP contribution in [-0.2, 0) is 0 Å². The van der Waals surface area contributed by atoms with Crippen LogP contribution in [0.4, 0.5) is 21.6 Å². The molecule has 0 amide bonds. The smallest absolute Gasteiger partial charge is 0.224 e. The Labute approximate surface area is 116 Å². The third-order valence-electron chi connectivity index (χ3n) is 2.78. The van der Waals surface area contributed by atoms with Crippen molar-refractivity contribution in [3.05, 3.63) is 41.1 Å². The molecule has 0 unspecified atom stereocenters. The van der Waals surface area contributed by atoms with Crippen molar-refractivity contribution in [2.75, 3.05) is 17.2 Å². The van der Waals surface area contributed by atoms with Crippen molar-refractivity contribution in [3.8, 4) is 0 Å². The van der Waals surface area contributed by atoms with E-state index in [-0.39, 0.29) is 11.1 Å². The summed E-state index contributed by atoms with van der Waals surface area (Å²) in [6.07, 6.45) is 0. The molecule has 0 aliphatic heterocycles. The van der Waals surface area contributed by atoms with Gasteiger partial charge in [0.15, 0.2) is 5.82 Å². The molecule has 0 radical (unpaired) electrons. The third-order valence-corrected chi connectivity index (χ3v) is 2.95. The summed E-state index contributed by atoms with van der Waals surface area (Å²) in [6, 6.07) is 6.24. The van der Waals surface area contributed by atoms with Gasteiger partial charge in [0.2, 0.25) is 5.28 Å². The maximum atomic E-state index is 13.3. The highest BCUT2D eigenvalue weighted by molar-refractivity contribution is 6.28. The van der Waals surface area contributed by atoms with E-state index in [1.54, 1.807) is 24.0 Å². The standard InChI is InChI=1S/C13H14ClFN4/c1-3-19(10-6-4-5-9(15)7-10)12-11(16)8(2)17-13(14)18-12/h4-7H,3,16H2,1-2H3. The predicted octanol–water partition coefficient (Wildman–Crippen LogP) is 3.32. The summed E-state index contributed by atoms with van der Waals surface area (Å²) in [4.78, 5) is 9.92. The van der Waals surface area contributed by atoms with Gasteiger partial charge in [-0.2, -0.15) is 4.98 Å². The molecule has 1 aromatic heterocycles. The molecule has 2 aromatic rings. The average molecular weight is 281 g/mol. The lowest BCUT2D eigenvalue weighted by molar-refractivity contribution is 0.627. The molecule has 6 heteroatoms. The summed E-state index contributed by atoms with van der Waals surface area (Å²) in [5.41, 5.74) is 7.70. The van der Waals surface area contributed by atoms with Crippen LogP contribution in [-0.4, -0.2) is 16.5 Å². The maximum absolute atomic E-state index is 13.3. The van der Waals surface area contributed by atoms with E-state index in [1.807, 2.05) is 6.92 Å². The summed E-state index contributed by atoms with van der Waals surface area (Å²) in [5.74, 6) is 0.178. The van der Waals surface area contributed by atoms with Crippen molar-refractivity contribution >= 4 is 28.8 Å². The Bertz CT molecular complexity index is 603. The highest BCUT2D eigenvalue weighted by atomic mass is 35.5. The Morgan fingerprint density at radius 3 is 2.74 bits per heavy atom. The largest absolute Gasteiger partial charge is 0.394 e. The number of hydrogen-bond acceptors (Lipinski definition) is 4. The number of anilines is 3. The van der Waals surface area contributed by atoms with Gasteiger partial charge in [-0.1, -0.05) is 6.07 Å². The number of rotatable bonds is 3. The minimum absolute atomic E-state index is 0.122. The highest BCUT2D eigenvalue weighted by Gasteiger charge is 2.16. The molecular formula is C13H14ClFN4. The average Bonchev–Trinajstić information content (AvgIpc) is 2.36. The van der Waals surface area contributed by atoms with Crippen LogP contribution in [0.1, 0.15) is 12.6 Å². The molecule has 0 aliphatic carbocycles. The van der Waals surface area contributed by atoms with Gasteiger partial charge in [-0.15, -0.1) is 0 Å². The van der Waals surface area contributed by atoms with Crippen LogP contribution in [0, 0.1) is 12.7 Å². The zero-order chi connectivity index (χ0) is 14.0. The summed E-state index contributed by atoms with van der Waals surface area (Å²) in [6.45, 7) is 4.27. The van der Waals surface area contributed by atoms with E-state index >= 15 is 0 Å². The molecule has 0 saturated carbocycles. The predicted molar refractivity (Wildman–Crippen MR) is 75.3 cm³/mol. The van der Waals surface area contributed by atoms with Crippen LogP contribution in [0.25, 0.3) is 0 Å². The van der Waals surface area contributed by atoms with Gasteiger partial charge in [-0.3, -0.25) is 0 Å². The van der Waals surface area contributed by atoms with Crippen LogP contribution < -0.4 is 10.6 Å². The molecule has 2 rings (SSSR count). The first-order valence-electron chi connectivity index (χ1n) is 5.85. The molecule has 1 aromatic carbocycles. The van der Waals surface area contributed by atoms with Gasteiger partial charge in [0.05, 0.1) is 11.4 Å². The number of halogens is 2. The first-order chi connectivity index (χ1) is 9.02. The number of aryl methyl sites for hydroxylation is 1. The second-order valence-corrected chi connectivity index (χ2v) is 4.38. The molecule has 0 aliphatic rings. The number of nitrogens with zero attached hydrogens (tertiary/aromatic N) is 3. The molecular weight excluding hydrogens is 267 g/mol. The van der Waals surface area contributed by atoms with E-state index in [0.29, 0.717) is 29.4 Å². The number of hydrogen-bond donors (Lipinski definition) is 1. The molecule has 2 N–H and O–H groups in total. The van der Waals surface area contributed by atoms with E-state index in [1.165, 1.54) is 12.1 Å². The molecule has 19 heavy (non-hydrogen) atoms. The summed E-state index contributed by atoms with van der Waals surface area (Å²) in [5, 5.41) is 0.122. The fourth-order valence-electron chi connectivity index (χ4n) is 1.84. The van der Waals surface area contributed by atoms with E-state index in [2.05, 4.69) is 9.97 Å². The van der Waals surface area contributed by atoms with Gasteiger partial charge in [0.1, 0.15) is 5.82 Å². The molecule has 0 atom stereocenters. The van der Waals surface area contributed by atoms with Crippen molar-refractivity contribution in [3.63, 3.8) is 0 Å². The third kappa shape index (κ3) is 2.76. The topological polar surface area (TPSA) is 55.0 Å². The van der Waals surface area contributed by atoms with E-state index in [9.17, 15) is 4.39 Å². The van der Waals surface area contributed by atoms with Crippen LogP contribution in [0.3, 0.4) is 0 Å². The second-order valence-electron chi connectivity index (χ2n) is 4.04. The summed E-state index contributed by atoms with van der Waals surface area (Å²) in [7, 11) is 0. The lowest BCUT2D eigenvalue weighted by Gasteiger charge is -2.24. The normalized spacial score (nSPS) is 10.5. The van der Waals surface area contributed by atoms with Crippen LogP contribution in [0.5, 0.6) is 0 Å². The van der Waals surface area contributed by atoms with Gasteiger partial charge in [-0.05, 0) is 43.6 Å². The van der Waals surface area contributed by atoms with Gasteiger partial charge >= 0.3 is 0 Å². The van der Waals surface area contributed by atoms with Gasteiger partial charge < -0.3 is 10.6 Å². The van der Waals surface area contributed by atoms with Crippen molar-refractivity contribution in [2.24, 2.45) is 0 Å². The highest BCUT2D eigenvalue weighted by Crippen LogP contribution is 2.30. The number of benzene rings is 1. The quantitative estimate of drug-likeness (QED) is 0.877. The number of nitrogen functional groups attached to an aromatic ring is 1. The van der Waals surface area contributed by atoms with E-state index in [0.717, 1.165) is 0 Å². The molecule has 4 nitrogen and oxygen atoms in total. The molecule has 0 spiro atoms. The zero-order valence-electron chi connectivity index (χ0n) is 10.7.